The van der Waals surface area contributed by atoms with Gasteiger partial charge in [0.2, 0.25) is 5.89 Å². The van der Waals surface area contributed by atoms with Crippen LogP contribution in [0.25, 0.3) is 11.5 Å². The van der Waals surface area contributed by atoms with Crippen molar-refractivity contribution in [3.05, 3.63) is 77.9 Å². The standard InChI is InChI=1S/C24H28FN5O.HI/c1-26-24(27-15-22-17-31-23(28-22)19-5-3-2-4-6-19)29-21-11-13-30(14-12-21)16-18-7-9-20(25)10-8-18;/h2-10,17,21H,11-16H2,1H3,(H2,26,27,29);1H. The largest absolute Gasteiger partial charge is 0.444 e. The minimum absolute atomic E-state index is 0. The SMILES string of the molecule is CN=C(NCc1coc(-c2ccccc2)n1)NC1CCN(Cc2ccc(F)cc2)CC1.I. The number of aliphatic imine (C=N–C) groups is 1. The van der Waals surface area contributed by atoms with Gasteiger partial charge in [0.05, 0.1) is 12.2 Å². The van der Waals surface area contributed by atoms with Gasteiger partial charge in [-0.05, 0) is 42.7 Å². The molecule has 32 heavy (non-hydrogen) atoms. The molecule has 4 rings (SSSR count). The van der Waals surface area contributed by atoms with E-state index >= 15 is 0 Å². The molecule has 0 bridgehead atoms. The summed E-state index contributed by atoms with van der Waals surface area (Å²) >= 11 is 0. The van der Waals surface area contributed by atoms with Gasteiger partial charge >= 0.3 is 0 Å². The fourth-order valence-electron chi connectivity index (χ4n) is 3.75. The van der Waals surface area contributed by atoms with Gasteiger partial charge in [0, 0.05) is 38.3 Å². The molecule has 2 aromatic carbocycles. The summed E-state index contributed by atoms with van der Waals surface area (Å²) in [5.41, 5.74) is 2.94. The second kappa shape index (κ2) is 12.0. The van der Waals surface area contributed by atoms with Crippen LogP contribution in [-0.2, 0) is 13.1 Å². The van der Waals surface area contributed by atoms with E-state index in [1.807, 2.05) is 42.5 Å². The number of piperidine rings is 1. The zero-order valence-corrected chi connectivity index (χ0v) is 20.5. The van der Waals surface area contributed by atoms with Crippen molar-refractivity contribution in [3.8, 4) is 11.5 Å². The fraction of sp³-hybridized carbons (Fsp3) is 0.333. The van der Waals surface area contributed by atoms with E-state index in [2.05, 4.69) is 25.5 Å². The lowest BCUT2D eigenvalue weighted by Gasteiger charge is -2.33. The van der Waals surface area contributed by atoms with Crippen LogP contribution in [0.1, 0.15) is 24.1 Å². The lowest BCUT2D eigenvalue weighted by molar-refractivity contribution is 0.198. The minimum atomic E-state index is -0.188. The quantitative estimate of drug-likeness (QED) is 0.271. The Bertz CT molecular complexity index is 985. The van der Waals surface area contributed by atoms with Crippen molar-refractivity contribution >= 4 is 29.9 Å². The van der Waals surface area contributed by atoms with Crippen molar-refractivity contribution in [3.63, 3.8) is 0 Å². The summed E-state index contributed by atoms with van der Waals surface area (Å²) < 4.78 is 18.7. The van der Waals surface area contributed by atoms with E-state index in [4.69, 9.17) is 4.42 Å². The van der Waals surface area contributed by atoms with Crippen LogP contribution in [0.5, 0.6) is 0 Å². The number of aromatic nitrogens is 1. The predicted octanol–water partition coefficient (Wildman–Crippen LogP) is 4.43. The van der Waals surface area contributed by atoms with Crippen LogP contribution < -0.4 is 10.6 Å². The molecule has 170 valence electrons. The number of rotatable bonds is 6. The molecule has 0 saturated carbocycles. The Morgan fingerprint density at radius 3 is 2.53 bits per heavy atom. The highest BCUT2D eigenvalue weighted by Crippen LogP contribution is 2.18. The fourth-order valence-corrected chi connectivity index (χ4v) is 3.75. The van der Waals surface area contributed by atoms with E-state index < -0.39 is 0 Å². The van der Waals surface area contributed by atoms with Crippen molar-refractivity contribution < 1.29 is 8.81 Å². The van der Waals surface area contributed by atoms with Crippen molar-refractivity contribution in [2.75, 3.05) is 20.1 Å². The molecule has 0 aliphatic carbocycles. The molecule has 0 unspecified atom stereocenters. The van der Waals surface area contributed by atoms with Crippen LogP contribution in [0.2, 0.25) is 0 Å². The van der Waals surface area contributed by atoms with E-state index in [1.165, 1.54) is 12.1 Å². The van der Waals surface area contributed by atoms with Gasteiger partial charge in [-0.3, -0.25) is 9.89 Å². The first kappa shape index (κ1) is 24.2. The van der Waals surface area contributed by atoms with Crippen LogP contribution in [0, 0.1) is 5.82 Å². The first-order chi connectivity index (χ1) is 15.2. The van der Waals surface area contributed by atoms with Crippen LogP contribution in [0.3, 0.4) is 0 Å². The summed E-state index contributed by atoms with van der Waals surface area (Å²) in [5, 5.41) is 6.83. The van der Waals surface area contributed by atoms with Crippen LogP contribution in [0.4, 0.5) is 4.39 Å². The Balaban J connectivity index is 0.00000289. The summed E-state index contributed by atoms with van der Waals surface area (Å²) in [4.78, 5) is 11.3. The number of hydrogen-bond acceptors (Lipinski definition) is 4. The highest BCUT2D eigenvalue weighted by molar-refractivity contribution is 14.0. The second-order valence-electron chi connectivity index (χ2n) is 7.76. The van der Waals surface area contributed by atoms with Gasteiger partial charge in [-0.1, -0.05) is 30.3 Å². The van der Waals surface area contributed by atoms with Gasteiger partial charge < -0.3 is 15.1 Å². The normalized spacial score (nSPS) is 15.2. The Kier molecular flexibility index (Phi) is 9.04. The summed E-state index contributed by atoms with van der Waals surface area (Å²) in [6.45, 7) is 3.39. The van der Waals surface area contributed by atoms with E-state index in [0.29, 0.717) is 18.5 Å². The van der Waals surface area contributed by atoms with Crippen LogP contribution >= 0.6 is 24.0 Å². The average Bonchev–Trinajstić information content (AvgIpc) is 3.29. The summed E-state index contributed by atoms with van der Waals surface area (Å²) in [7, 11) is 1.77. The third-order valence-electron chi connectivity index (χ3n) is 5.48. The third-order valence-corrected chi connectivity index (χ3v) is 5.48. The highest BCUT2D eigenvalue weighted by Gasteiger charge is 2.20. The van der Waals surface area contributed by atoms with Gasteiger partial charge in [0.1, 0.15) is 12.1 Å². The van der Waals surface area contributed by atoms with Crippen molar-refractivity contribution in [2.45, 2.75) is 32.0 Å². The maximum Gasteiger partial charge on any atom is 0.226 e. The number of oxazole rings is 1. The molecule has 8 heteroatoms. The molecule has 0 radical (unpaired) electrons. The van der Waals surface area contributed by atoms with Gasteiger partial charge in [-0.2, -0.15) is 0 Å². The zero-order chi connectivity index (χ0) is 21.5. The first-order valence-corrected chi connectivity index (χ1v) is 10.6. The Hall–Kier alpha value is -2.46. The van der Waals surface area contributed by atoms with Gasteiger partial charge in [0.25, 0.3) is 0 Å². The van der Waals surface area contributed by atoms with Crippen molar-refractivity contribution in [2.24, 2.45) is 4.99 Å². The summed E-state index contributed by atoms with van der Waals surface area (Å²) in [6, 6.07) is 17.0. The number of halogens is 2. The maximum absolute atomic E-state index is 13.1. The Morgan fingerprint density at radius 2 is 1.84 bits per heavy atom. The van der Waals surface area contributed by atoms with Gasteiger partial charge in [-0.15, -0.1) is 24.0 Å². The number of likely N-dealkylation sites (tertiary alicyclic amines) is 1. The maximum atomic E-state index is 13.1. The molecule has 2 N–H and O–H groups in total. The second-order valence-corrected chi connectivity index (χ2v) is 7.76. The first-order valence-electron chi connectivity index (χ1n) is 10.6. The highest BCUT2D eigenvalue weighted by atomic mass is 127. The molecule has 3 aromatic rings. The van der Waals surface area contributed by atoms with E-state index in [1.54, 1.807) is 13.3 Å². The van der Waals surface area contributed by atoms with Crippen molar-refractivity contribution in [1.29, 1.82) is 0 Å². The monoisotopic (exact) mass is 549 g/mol. The number of nitrogens with zero attached hydrogens (tertiary/aromatic N) is 3. The summed E-state index contributed by atoms with van der Waals surface area (Å²) in [5.74, 6) is 1.20. The van der Waals surface area contributed by atoms with E-state index in [9.17, 15) is 4.39 Å². The molecule has 1 aliphatic heterocycles. The van der Waals surface area contributed by atoms with Crippen LogP contribution in [0.15, 0.2) is 70.3 Å². The molecule has 1 aliphatic rings. The topological polar surface area (TPSA) is 65.7 Å². The molecule has 1 saturated heterocycles. The number of hydrogen-bond donors (Lipinski definition) is 2. The van der Waals surface area contributed by atoms with E-state index in [-0.39, 0.29) is 29.8 Å². The van der Waals surface area contributed by atoms with Gasteiger partial charge in [0.15, 0.2) is 5.96 Å². The Labute approximate surface area is 205 Å². The summed E-state index contributed by atoms with van der Waals surface area (Å²) in [6.07, 6.45) is 3.74. The Morgan fingerprint density at radius 1 is 1.12 bits per heavy atom. The molecule has 1 fully saturated rings. The number of benzene rings is 2. The smallest absolute Gasteiger partial charge is 0.226 e. The van der Waals surface area contributed by atoms with Crippen LogP contribution in [-0.4, -0.2) is 42.0 Å². The minimum Gasteiger partial charge on any atom is -0.444 e. The lowest BCUT2D eigenvalue weighted by Crippen LogP contribution is -2.48. The van der Waals surface area contributed by atoms with E-state index in [0.717, 1.165) is 55.3 Å². The molecular formula is C24H29FIN5O. The number of guanidine groups is 1. The van der Waals surface area contributed by atoms with Gasteiger partial charge in [-0.25, -0.2) is 9.37 Å². The molecule has 6 nitrogen and oxygen atoms in total. The molecule has 0 amide bonds. The zero-order valence-electron chi connectivity index (χ0n) is 18.1. The molecular weight excluding hydrogens is 520 g/mol. The third kappa shape index (κ3) is 6.77. The lowest BCUT2D eigenvalue weighted by atomic mass is 10.0. The average molecular weight is 549 g/mol. The molecule has 2 heterocycles. The predicted molar refractivity (Wildman–Crippen MR) is 135 cm³/mol. The molecule has 0 spiro atoms. The number of nitrogens with one attached hydrogen (secondary N) is 2. The van der Waals surface area contributed by atoms with Crippen molar-refractivity contribution in [1.82, 2.24) is 20.5 Å². The molecule has 0 atom stereocenters. The molecule has 1 aromatic heterocycles.